The standard InChI is InChI=1S/C16H30/c1-3-11-16(4-2)12-14-7-5-8-15(13-16)10-6-9-14/h14-15H,3-13H2,1-2H3. The van der Waals surface area contributed by atoms with Gasteiger partial charge in [0.15, 0.2) is 0 Å². The van der Waals surface area contributed by atoms with Crippen LogP contribution in [0.1, 0.15) is 84.5 Å². The van der Waals surface area contributed by atoms with Gasteiger partial charge in [0.25, 0.3) is 0 Å². The molecule has 0 N–H and O–H groups in total. The first-order valence-corrected chi connectivity index (χ1v) is 7.78. The second kappa shape index (κ2) is 5.56. The van der Waals surface area contributed by atoms with Gasteiger partial charge in [0.05, 0.1) is 0 Å². The van der Waals surface area contributed by atoms with Crippen LogP contribution in [0, 0.1) is 17.3 Å². The van der Waals surface area contributed by atoms with Crippen LogP contribution in [0.5, 0.6) is 0 Å². The van der Waals surface area contributed by atoms with Crippen LogP contribution in [-0.2, 0) is 0 Å². The molecule has 94 valence electrons. The van der Waals surface area contributed by atoms with Crippen molar-refractivity contribution >= 4 is 0 Å². The summed E-state index contributed by atoms with van der Waals surface area (Å²) in [5, 5.41) is 0. The van der Waals surface area contributed by atoms with Crippen LogP contribution in [0.3, 0.4) is 0 Å². The fraction of sp³-hybridized carbons (Fsp3) is 1.00. The smallest absolute Gasteiger partial charge is 0.0295 e. The molecule has 3 rings (SSSR count). The van der Waals surface area contributed by atoms with Crippen molar-refractivity contribution in [1.82, 2.24) is 0 Å². The minimum absolute atomic E-state index is 0.741. The highest BCUT2D eigenvalue weighted by molar-refractivity contribution is 4.87. The Morgan fingerprint density at radius 3 is 1.75 bits per heavy atom. The predicted octanol–water partition coefficient (Wildman–Crippen LogP) is 5.56. The summed E-state index contributed by atoms with van der Waals surface area (Å²) in [4.78, 5) is 0. The Balaban J connectivity index is 2.12. The highest BCUT2D eigenvalue weighted by Gasteiger charge is 2.36. The first kappa shape index (κ1) is 12.5. The van der Waals surface area contributed by atoms with Crippen molar-refractivity contribution in [2.45, 2.75) is 84.5 Å². The molecule has 0 aliphatic heterocycles. The maximum absolute atomic E-state index is 2.45. The maximum Gasteiger partial charge on any atom is -0.0295 e. The van der Waals surface area contributed by atoms with Gasteiger partial charge in [0.1, 0.15) is 0 Å². The average molecular weight is 222 g/mol. The topological polar surface area (TPSA) is 0 Å². The van der Waals surface area contributed by atoms with Crippen molar-refractivity contribution < 1.29 is 0 Å². The largest absolute Gasteiger partial charge is 0.0654 e. The Morgan fingerprint density at radius 2 is 1.38 bits per heavy atom. The lowest BCUT2D eigenvalue weighted by Gasteiger charge is -2.43. The van der Waals surface area contributed by atoms with Crippen LogP contribution in [-0.4, -0.2) is 0 Å². The molecule has 16 heavy (non-hydrogen) atoms. The molecule has 3 fully saturated rings. The van der Waals surface area contributed by atoms with Crippen molar-refractivity contribution in [1.29, 1.82) is 0 Å². The summed E-state index contributed by atoms with van der Waals surface area (Å²) in [6.45, 7) is 4.83. The molecule has 2 bridgehead atoms. The molecule has 0 heterocycles. The van der Waals surface area contributed by atoms with Gasteiger partial charge in [-0.15, -0.1) is 0 Å². The van der Waals surface area contributed by atoms with Gasteiger partial charge in [-0.1, -0.05) is 65.2 Å². The normalized spacial score (nSPS) is 40.1. The van der Waals surface area contributed by atoms with Crippen LogP contribution < -0.4 is 0 Å². The zero-order valence-corrected chi connectivity index (χ0v) is 11.4. The summed E-state index contributed by atoms with van der Waals surface area (Å²) in [5.74, 6) is 2.15. The Morgan fingerprint density at radius 1 is 0.875 bits per heavy atom. The third kappa shape index (κ3) is 2.81. The van der Waals surface area contributed by atoms with Crippen molar-refractivity contribution in [2.24, 2.45) is 17.3 Å². The summed E-state index contributed by atoms with van der Waals surface area (Å²) >= 11 is 0. The summed E-state index contributed by atoms with van der Waals surface area (Å²) in [6.07, 6.45) is 16.7. The molecule has 3 aliphatic carbocycles. The van der Waals surface area contributed by atoms with E-state index in [1.54, 1.807) is 38.5 Å². The lowest BCUT2D eigenvalue weighted by molar-refractivity contribution is 0.0855. The molecule has 0 amide bonds. The molecule has 0 aromatic rings. The number of hydrogen-bond donors (Lipinski definition) is 0. The molecular weight excluding hydrogens is 192 g/mol. The van der Waals surface area contributed by atoms with E-state index >= 15 is 0 Å². The predicted molar refractivity (Wildman–Crippen MR) is 71.5 cm³/mol. The van der Waals surface area contributed by atoms with Gasteiger partial charge in [-0.05, 0) is 36.5 Å². The maximum atomic E-state index is 2.45. The minimum Gasteiger partial charge on any atom is -0.0654 e. The van der Waals surface area contributed by atoms with Gasteiger partial charge in [-0.3, -0.25) is 0 Å². The molecule has 3 aliphatic rings. The Labute approximate surface area is 102 Å². The molecule has 0 unspecified atom stereocenters. The zero-order valence-electron chi connectivity index (χ0n) is 11.4. The lowest BCUT2D eigenvalue weighted by Crippen LogP contribution is -2.31. The molecule has 0 nitrogen and oxygen atoms in total. The summed E-state index contributed by atoms with van der Waals surface area (Å²) in [6, 6.07) is 0. The van der Waals surface area contributed by atoms with Crippen LogP contribution in [0.25, 0.3) is 0 Å². The Hall–Kier alpha value is 0. The van der Waals surface area contributed by atoms with Crippen LogP contribution in [0.2, 0.25) is 0 Å². The van der Waals surface area contributed by atoms with Crippen molar-refractivity contribution in [3.8, 4) is 0 Å². The summed E-state index contributed by atoms with van der Waals surface area (Å²) < 4.78 is 0. The van der Waals surface area contributed by atoms with E-state index in [0.29, 0.717) is 0 Å². The molecule has 0 aromatic heterocycles. The van der Waals surface area contributed by atoms with Gasteiger partial charge in [0, 0.05) is 0 Å². The lowest BCUT2D eigenvalue weighted by atomic mass is 9.62. The van der Waals surface area contributed by atoms with Crippen molar-refractivity contribution in [2.75, 3.05) is 0 Å². The van der Waals surface area contributed by atoms with Gasteiger partial charge in [-0.25, -0.2) is 0 Å². The highest BCUT2D eigenvalue weighted by Crippen LogP contribution is 2.48. The molecule has 0 atom stereocenters. The van der Waals surface area contributed by atoms with Crippen LogP contribution in [0.4, 0.5) is 0 Å². The first-order valence-electron chi connectivity index (χ1n) is 7.78. The van der Waals surface area contributed by atoms with Crippen LogP contribution >= 0.6 is 0 Å². The van der Waals surface area contributed by atoms with Gasteiger partial charge >= 0.3 is 0 Å². The third-order valence-electron chi connectivity index (χ3n) is 5.42. The number of hydrogen-bond acceptors (Lipinski definition) is 0. The van der Waals surface area contributed by atoms with E-state index in [9.17, 15) is 0 Å². The molecule has 0 aromatic carbocycles. The Kier molecular flexibility index (Phi) is 4.33. The van der Waals surface area contributed by atoms with E-state index in [2.05, 4.69) is 13.8 Å². The minimum atomic E-state index is 0.741. The SMILES string of the molecule is CCCC1(CC)CC2CCCC(CCC2)C1. The van der Waals surface area contributed by atoms with E-state index in [-0.39, 0.29) is 0 Å². The summed E-state index contributed by atoms with van der Waals surface area (Å²) in [5.41, 5.74) is 0.741. The van der Waals surface area contributed by atoms with E-state index in [1.165, 1.54) is 32.1 Å². The molecule has 0 heteroatoms. The van der Waals surface area contributed by atoms with E-state index in [0.717, 1.165) is 17.3 Å². The fourth-order valence-electron chi connectivity index (χ4n) is 4.60. The second-order valence-electron chi connectivity index (χ2n) is 6.61. The third-order valence-corrected chi connectivity index (χ3v) is 5.42. The number of rotatable bonds is 3. The molecule has 0 saturated heterocycles. The second-order valence-corrected chi connectivity index (χ2v) is 6.61. The first-order chi connectivity index (χ1) is 7.78. The van der Waals surface area contributed by atoms with Gasteiger partial charge < -0.3 is 0 Å². The van der Waals surface area contributed by atoms with E-state index in [4.69, 9.17) is 0 Å². The van der Waals surface area contributed by atoms with E-state index in [1.807, 2.05) is 0 Å². The molecule has 3 saturated carbocycles. The monoisotopic (exact) mass is 222 g/mol. The zero-order chi connectivity index (χ0) is 11.4. The summed E-state index contributed by atoms with van der Waals surface area (Å²) in [7, 11) is 0. The van der Waals surface area contributed by atoms with Crippen LogP contribution in [0.15, 0.2) is 0 Å². The Bertz CT molecular complexity index is 182. The fourth-order valence-corrected chi connectivity index (χ4v) is 4.60. The van der Waals surface area contributed by atoms with Gasteiger partial charge in [-0.2, -0.15) is 0 Å². The molecular formula is C16H30. The van der Waals surface area contributed by atoms with Gasteiger partial charge in [0.2, 0.25) is 0 Å². The average Bonchev–Trinajstić information content (AvgIpc) is 2.19. The molecule has 0 spiro atoms. The van der Waals surface area contributed by atoms with E-state index < -0.39 is 0 Å². The highest BCUT2D eigenvalue weighted by atomic mass is 14.4. The van der Waals surface area contributed by atoms with Crippen molar-refractivity contribution in [3.63, 3.8) is 0 Å². The number of fused-ring (bicyclic) bond motifs is 6. The quantitative estimate of drug-likeness (QED) is 0.586. The molecule has 0 radical (unpaired) electrons. The van der Waals surface area contributed by atoms with Crippen molar-refractivity contribution in [3.05, 3.63) is 0 Å².